The normalized spacial score (nSPS) is 17.0. The number of anilines is 1. The second kappa shape index (κ2) is 9.82. The van der Waals surface area contributed by atoms with Crippen LogP contribution in [0.1, 0.15) is 31.0 Å². The molecule has 6 heteroatoms. The lowest BCUT2D eigenvalue weighted by molar-refractivity contribution is -0.132. The summed E-state index contributed by atoms with van der Waals surface area (Å²) < 4.78 is 11.2. The topological polar surface area (TPSA) is 76.1 Å². The summed E-state index contributed by atoms with van der Waals surface area (Å²) in [7, 11) is 1.54. The number of carbonyl (C=O) groups is 2. The van der Waals surface area contributed by atoms with E-state index < -0.39 is 17.7 Å². The molecule has 1 fully saturated rings. The van der Waals surface area contributed by atoms with E-state index in [9.17, 15) is 14.7 Å². The smallest absolute Gasteiger partial charge is 0.300 e. The number of amides is 1. The summed E-state index contributed by atoms with van der Waals surface area (Å²) in [5.74, 6) is -0.621. The van der Waals surface area contributed by atoms with E-state index in [0.29, 0.717) is 22.7 Å². The zero-order chi connectivity index (χ0) is 26.1. The number of benzene rings is 4. The third kappa shape index (κ3) is 4.42. The molecule has 4 aromatic carbocycles. The molecule has 1 saturated heterocycles. The van der Waals surface area contributed by atoms with Crippen LogP contribution in [-0.2, 0) is 9.59 Å². The molecule has 5 rings (SSSR count). The molecule has 186 valence electrons. The lowest BCUT2D eigenvalue weighted by Crippen LogP contribution is -2.29. The summed E-state index contributed by atoms with van der Waals surface area (Å²) in [6, 6.07) is 26.6. The molecule has 1 unspecified atom stereocenters. The minimum atomic E-state index is -0.854. The van der Waals surface area contributed by atoms with Crippen molar-refractivity contribution < 1.29 is 24.2 Å². The van der Waals surface area contributed by atoms with Crippen LogP contribution in [0.5, 0.6) is 11.5 Å². The van der Waals surface area contributed by atoms with Gasteiger partial charge in [0.1, 0.15) is 17.3 Å². The van der Waals surface area contributed by atoms with Gasteiger partial charge in [-0.05, 0) is 54.4 Å². The first-order valence-electron chi connectivity index (χ1n) is 12.1. The Kier molecular flexibility index (Phi) is 6.40. The number of carbonyl (C=O) groups excluding carboxylic acids is 2. The first-order chi connectivity index (χ1) is 17.9. The third-order valence-corrected chi connectivity index (χ3v) is 6.37. The second-order valence-electron chi connectivity index (χ2n) is 9.13. The number of aliphatic hydroxyl groups is 1. The first kappa shape index (κ1) is 24.1. The van der Waals surface area contributed by atoms with Gasteiger partial charge in [-0.1, -0.05) is 60.7 Å². The SMILES string of the molecule is COc1cccc(N2C(=O)C(=O)/C(=C(\O)c3cccc(OC(C)C)c3)C2c2cccc3ccccc23)c1. The van der Waals surface area contributed by atoms with Gasteiger partial charge in [-0.2, -0.15) is 0 Å². The first-order valence-corrected chi connectivity index (χ1v) is 12.1. The van der Waals surface area contributed by atoms with E-state index >= 15 is 0 Å². The highest BCUT2D eigenvalue weighted by Gasteiger charge is 2.47. The van der Waals surface area contributed by atoms with E-state index in [4.69, 9.17) is 9.47 Å². The minimum Gasteiger partial charge on any atom is -0.507 e. The minimum absolute atomic E-state index is 0.0193. The number of hydrogen-bond donors (Lipinski definition) is 1. The predicted octanol–water partition coefficient (Wildman–Crippen LogP) is 6.26. The molecule has 1 amide bonds. The second-order valence-corrected chi connectivity index (χ2v) is 9.13. The summed E-state index contributed by atoms with van der Waals surface area (Å²) >= 11 is 0. The van der Waals surface area contributed by atoms with Gasteiger partial charge in [0.05, 0.1) is 24.8 Å². The maximum Gasteiger partial charge on any atom is 0.300 e. The molecule has 0 aromatic heterocycles. The maximum atomic E-state index is 13.6. The average Bonchev–Trinajstić information content (AvgIpc) is 3.17. The van der Waals surface area contributed by atoms with Gasteiger partial charge in [0.25, 0.3) is 11.7 Å². The Morgan fingerprint density at radius 1 is 0.865 bits per heavy atom. The van der Waals surface area contributed by atoms with Crippen molar-refractivity contribution in [1.82, 2.24) is 0 Å². The van der Waals surface area contributed by atoms with Gasteiger partial charge in [-0.15, -0.1) is 0 Å². The van der Waals surface area contributed by atoms with Crippen molar-refractivity contribution in [2.45, 2.75) is 26.0 Å². The molecule has 1 aliphatic heterocycles. The van der Waals surface area contributed by atoms with E-state index in [1.165, 1.54) is 4.90 Å². The van der Waals surface area contributed by atoms with Crippen LogP contribution in [0.4, 0.5) is 5.69 Å². The van der Waals surface area contributed by atoms with Crippen LogP contribution in [0.15, 0.2) is 96.6 Å². The lowest BCUT2D eigenvalue weighted by atomic mass is 9.91. The Bertz CT molecular complexity index is 1530. The molecule has 0 bridgehead atoms. The summed E-state index contributed by atoms with van der Waals surface area (Å²) in [5.41, 5.74) is 1.64. The molecular formula is C31H27NO5. The lowest BCUT2D eigenvalue weighted by Gasteiger charge is -2.27. The molecule has 4 aromatic rings. The number of rotatable bonds is 6. The van der Waals surface area contributed by atoms with Gasteiger partial charge in [0.15, 0.2) is 0 Å². The number of ether oxygens (including phenoxy) is 2. The largest absolute Gasteiger partial charge is 0.507 e. The van der Waals surface area contributed by atoms with Gasteiger partial charge in [-0.25, -0.2) is 0 Å². The van der Waals surface area contributed by atoms with Gasteiger partial charge in [0.2, 0.25) is 0 Å². The number of aliphatic hydroxyl groups excluding tert-OH is 1. The summed E-state index contributed by atoms with van der Waals surface area (Å²) in [5, 5.41) is 13.4. The Morgan fingerprint density at radius 2 is 1.57 bits per heavy atom. The Morgan fingerprint density at radius 3 is 2.35 bits per heavy atom. The Balaban J connectivity index is 1.76. The summed E-state index contributed by atoms with van der Waals surface area (Å²) in [6.45, 7) is 3.82. The van der Waals surface area contributed by atoms with Crippen molar-refractivity contribution in [2.24, 2.45) is 0 Å². The molecule has 1 N–H and O–H groups in total. The highest BCUT2D eigenvalue weighted by molar-refractivity contribution is 6.52. The fourth-order valence-electron chi connectivity index (χ4n) is 4.79. The number of fused-ring (bicyclic) bond motifs is 1. The van der Waals surface area contributed by atoms with Crippen LogP contribution in [0.2, 0.25) is 0 Å². The van der Waals surface area contributed by atoms with Gasteiger partial charge in [0, 0.05) is 17.3 Å². The quantitative estimate of drug-likeness (QED) is 0.195. The van der Waals surface area contributed by atoms with Crippen LogP contribution in [0.25, 0.3) is 16.5 Å². The van der Waals surface area contributed by atoms with Crippen LogP contribution >= 0.6 is 0 Å². The monoisotopic (exact) mass is 493 g/mol. The molecule has 1 atom stereocenters. The maximum absolute atomic E-state index is 13.6. The number of Topliss-reactive ketones (excluding diaryl/α,β-unsaturated/α-hetero) is 1. The van der Waals surface area contributed by atoms with Crippen LogP contribution in [0, 0.1) is 0 Å². The Labute approximate surface area is 215 Å². The van der Waals surface area contributed by atoms with Crippen molar-refractivity contribution in [3.8, 4) is 11.5 Å². The molecule has 0 spiro atoms. The number of methoxy groups -OCH3 is 1. The van der Waals surface area contributed by atoms with Crippen LogP contribution < -0.4 is 14.4 Å². The number of ketones is 1. The molecule has 37 heavy (non-hydrogen) atoms. The molecule has 1 aliphatic rings. The zero-order valence-electron chi connectivity index (χ0n) is 20.8. The summed E-state index contributed by atoms with van der Waals surface area (Å²) in [6.07, 6.45) is -0.0632. The van der Waals surface area contributed by atoms with E-state index in [0.717, 1.165) is 16.3 Å². The zero-order valence-corrected chi connectivity index (χ0v) is 20.8. The average molecular weight is 494 g/mol. The predicted molar refractivity (Wildman–Crippen MR) is 144 cm³/mol. The number of hydrogen-bond acceptors (Lipinski definition) is 5. The fourth-order valence-corrected chi connectivity index (χ4v) is 4.79. The number of nitrogens with zero attached hydrogens (tertiary/aromatic N) is 1. The molecule has 1 heterocycles. The van der Waals surface area contributed by atoms with Crippen molar-refractivity contribution in [2.75, 3.05) is 12.0 Å². The fraction of sp³-hybridized carbons (Fsp3) is 0.161. The standard InChI is InChI=1S/C31H27NO5/c1-19(2)37-24-14-6-11-21(17-24)29(33)27-28(26-16-7-10-20-9-4-5-15-25(20)26)32(31(35)30(27)34)22-12-8-13-23(18-22)36-3/h4-19,28,33H,1-3H3/b29-27-. The molecule has 0 radical (unpaired) electrons. The van der Waals surface area contributed by atoms with Crippen molar-refractivity contribution in [3.63, 3.8) is 0 Å². The molecule has 0 saturated carbocycles. The van der Waals surface area contributed by atoms with E-state index in [1.807, 2.05) is 56.3 Å². The summed E-state index contributed by atoms with van der Waals surface area (Å²) in [4.78, 5) is 28.6. The van der Waals surface area contributed by atoms with E-state index in [1.54, 1.807) is 55.6 Å². The van der Waals surface area contributed by atoms with Gasteiger partial charge >= 0.3 is 0 Å². The molecule has 6 nitrogen and oxygen atoms in total. The van der Waals surface area contributed by atoms with Crippen molar-refractivity contribution >= 4 is 33.9 Å². The van der Waals surface area contributed by atoms with Crippen molar-refractivity contribution in [1.29, 1.82) is 0 Å². The molecule has 0 aliphatic carbocycles. The van der Waals surface area contributed by atoms with Gasteiger partial charge < -0.3 is 14.6 Å². The van der Waals surface area contributed by atoms with E-state index in [2.05, 4.69) is 0 Å². The highest BCUT2D eigenvalue weighted by atomic mass is 16.5. The Hall–Kier alpha value is -4.58. The highest BCUT2D eigenvalue weighted by Crippen LogP contribution is 2.44. The molecular weight excluding hydrogens is 466 g/mol. The van der Waals surface area contributed by atoms with Crippen molar-refractivity contribution in [3.05, 3.63) is 108 Å². The van der Waals surface area contributed by atoms with E-state index in [-0.39, 0.29) is 17.4 Å². The van der Waals surface area contributed by atoms with Crippen LogP contribution in [0.3, 0.4) is 0 Å². The third-order valence-electron chi connectivity index (χ3n) is 6.37. The van der Waals surface area contributed by atoms with Gasteiger partial charge in [-0.3, -0.25) is 14.5 Å². The van der Waals surface area contributed by atoms with Crippen LogP contribution in [-0.4, -0.2) is 30.0 Å².